The van der Waals surface area contributed by atoms with E-state index in [2.05, 4.69) is 10.4 Å². The molecule has 1 aliphatic heterocycles. The maximum atomic E-state index is 11.8. The zero-order valence-electron chi connectivity index (χ0n) is 12.9. The van der Waals surface area contributed by atoms with Gasteiger partial charge in [0, 0.05) is 13.2 Å². The van der Waals surface area contributed by atoms with Crippen molar-refractivity contribution in [3.63, 3.8) is 0 Å². The molecular weight excluding hydrogens is 292 g/mol. The molecule has 9 heteroatoms. The number of nitro groups is 1. The number of amides is 1. The smallest absolute Gasteiger partial charge is 0.413 e. The van der Waals surface area contributed by atoms with Gasteiger partial charge in [-0.15, -0.1) is 5.10 Å². The van der Waals surface area contributed by atoms with Gasteiger partial charge in [-0.1, -0.05) is 0 Å². The van der Waals surface area contributed by atoms with E-state index in [0.29, 0.717) is 13.2 Å². The minimum Gasteiger partial charge on any atom is -0.444 e. The molecule has 1 saturated heterocycles. The van der Waals surface area contributed by atoms with Crippen LogP contribution in [-0.4, -0.2) is 39.6 Å². The third kappa shape index (κ3) is 4.17. The Morgan fingerprint density at radius 2 is 2.14 bits per heavy atom. The monoisotopic (exact) mass is 312 g/mol. The fourth-order valence-corrected chi connectivity index (χ4v) is 2.14. The lowest BCUT2D eigenvalue weighted by molar-refractivity contribution is -0.384. The first-order valence-corrected chi connectivity index (χ1v) is 7.07. The molecule has 0 bridgehead atoms. The highest BCUT2D eigenvalue weighted by Crippen LogP contribution is 2.28. The molecule has 1 aromatic rings. The highest BCUT2D eigenvalue weighted by Gasteiger charge is 2.27. The summed E-state index contributed by atoms with van der Waals surface area (Å²) in [7, 11) is 0. The number of nitrogens with zero attached hydrogens (tertiary/aromatic N) is 3. The van der Waals surface area contributed by atoms with Crippen LogP contribution in [0.3, 0.4) is 0 Å². The molecule has 1 aliphatic rings. The molecule has 0 aliphatic carbocycles. The molecule has 1 aromatic heterocycles. The number of nitrogens with one attached hydrogen (secondary N) is 1. The first kappa shape index (κ1) is 16.2. The van der Waals surface area contributed by atoms with Crippen molar-refractivity contribution in [2.75, 3.05) is 18.5 Å². The lowest BCUT2D eigenvalue weighted by Crippen LogP contribution is -2.27. The summed E-state index contributed by atoms with van der Waals surface area (Å²) in [6.45, 7) is 6.31. The van der Waals surface area contributed by atoms with Gasteiger partial charge in [-0.2, -0.15) is 0 Å². The predicted octanol–water partition coefficient (Wildman–Crippen LogP) is 2.49. The number of hydrogen-bond acceptors (Lipinski definition) is 6. The van der Waals surface area contributed by atoms with Crippen molar-refractivity contribution in [2.24, 2.45) is 0 Å². The molecule has 9 nitrogen and oxygen atoms in total. The number of anilines is 1. The average molecular weight is 312 g/mol. The summed E-state index contributed by atoms with van der Waals surface area (Å²) in [6, 6.07) is 0.0293. The molecule has 0 spiro atoms. The molecule has 1 N–H and O–H groups in total. The van der Waals surface area contributed by atoms with Crippen LogP contribution in [0.4, 0.5) is 16.3 Å². The average Bonchev–Trinajstić information content (AvgIpc) is 2.81. The Kier molecular flexibility index (Phi) is 4.65. The van der Waals surface area contributed by atoms with Crippen molar-refractivity contribution >= 4 is 17.6 Å². The number of hydrogen-bond donors (Lipinski definition) is 1. The van der Waals surface area contributed by atoms with Gasteiger partial charge < -0.3 is 9.47 Å². The molecule has 1 amide bonds. The van der Waals surface area contributed by atoms with Gasteiger partial charge in [0.1, 0.15) is 11.8 Å². The van der Waals surface area contributed by atoms with Crippen molar-refractivity contribution in [3.8, 4) is 0 Å². The topological polar surface area (TPSA) is 109 Å². The van der Waals surface area contributed by atoms with E-state index in [1.165, 1.54) is 10.9 Å². The van der Waals surface area contributed by atoms with E-state index in [4.69, 9.17) is 9.47 Å². The molecule has 1 fully saturated rings. The number of ether oxygens (including phenoxy) is 2. The van der Waals surface area contributed by atoms with Crippen LogP contribution < -0.4 is 5.32 Å². The molecule has 0 aromatic carbocycles. The zero-order valence-corrected chi connectivity index (χ0v) is 12.9. The van der Waals surface area contributed by atoms with Gasteiger partial charge in [0.2, 0.25) is 5.82 Å². The fourth-order valence-electron chi connectivity index (χ4n) is 2.14. The van der Waals surface area contributed by atoms with Crippen molar-refractivity contribution in [1.29, 1.82) is 0 Å². The van der Waals surface area contributed by atoms with Crippen LogP contribution in [0.2, 0.25) is 0 Å². The summed E-state index contributed by atoms with van der Waals surface area (Å²) in [5.74, 6) is -0.106. The predicted molar refractivity (Wildman–Crippen MR) is 77.8 cm³/mol. The van der Waals surface area contributed by atoms with Crippen LogP contribution in [0.15, 0.2) is 6.20 Å². The summed E-state index contributed by atoms with van der Waals surface area (Å²) in [6.07, 6.45) is 2.02. The third-order valence-electron chi connectivity index (χ3n) is 3.09. The molecule has 0 atom stereocenters. The standard InChI is InChI=1S/C13H20N4O5/c1-13(2,3)22-12(18)14-11-10(17(19)20)8-16(15-11)9-4-6-21-7-5-9/h8-9H,4-7H2,1-3H3,(H,14,15,18). The van der Waals surface area contributed by atoms with Crippen LogP contribution >= 0.6 is 0 Å². The van der Waals surface area contributed by atoms with E-state index in [1.807, 2.05) is 0 Å². The highest BCUT2D eigenvalue weighted by atomic mass is 16.6. The van der Waals surface area contributed by atoms with Crippen LogP contribution in [0.25, 0.3) is 0 Å². The van der Waals surface area contributed by atoms with Crippen molar-refractivity contribution < 1.29 is 19.2 Å². The first-order valence-electron chi connectivity index (χ1n) is 7.07. The number of rotatable bonds is 3. The van der Waals surface area contributed by atoms with Crippen molar-refractivity contribution in [3.05, 3.63) is 16.3 Å². The summed E-state index contributed by atoms with van der Waals surface area (Å²) >= 11 is 0. The van der Waals surface area contributed by atoms with Gasteiger partial charge in [-0.25, -0.2) is 4.79 Å². The van der Waals surface area contributed by atoms with E-state index < -0.39 is 16.6 Å². The van der Waals surface area contributed by atoms with E-state index in [0.717, 1.165) is 12.8 Å². The normalized spacial score (nSPS) is 16.3. The minimum absolute atomic E-state index is 0.0293. The Hall–Kier alpha value is -2.16. The van der Waals surface area contributed by atoms with Gasteiger partial charge in [0.05, 0.1) is 11.0 Å². The van der Waals surface area contributed by atoms with Crippen molar-refractivity contribution in [2.45, 2.75) is 45.3 Å². The number of carbonyl (C=O) groups excluding carboxylic acids is 1. The Bertz CT molecular complexity index is 557. The van der Waals surface area contributed by atoms with E-state index in [9.17, 15) is 14.9 Å². The van der Waals surface area contributed by atoms with Gasteiger partial charge in [0.25, 0.3) is 0 Å². The van der Waals surface area contributed by atoms with E-state index in [-0.39, 0.29) is 17.5 Å². The molecule has 0 radical (unpaired) electrons. The van der Waals surface area contributed by atoms with Gasteiger partial charge in [-0.05, 0) is 33.6 Å². The minimum atomic E-state index is -0.771. The second-order valence-corrected chi connectivity index (χ2v) is 6.07. The van der Waals surface area contributed by atoms with Gasteiger partial charge in [0.15, 0.2) is 0 Å². The molecule has 2 heterocycles. The summed E-state index contributed by atoms with van der Waals surface area (Å²) in [5, 5.41) is 17.6. The van der Waals surface area contributed by atoms with Crippen LogP contribution in [0, 0.1) is 10.1 Å². The first-order chi connectivity index (χ1) is 10.3. The lowest BCUT2D eigenvalue weighted by atomic mass is 10.1. The number of aromatic nitrogens is 2. The van der Waals surface area contributed by atoms with E-state index in [1.54, 1.807) is 20.8 Å². The molecule has 122 valence electrons. The van der Waals surface area contributed by atoms with Crippen LogP contribution in [0.5, 0.6) is 0 Å². The molecular formula is C13H20N4O5. The van der Waals surface area contributed by atoms with Crippen LogP contribution in [0.1, 0.15) is 39.7 Å². The Balaban J connectivity index is 2.16. The second-order valence-electron chi connectivity index (χ2n) is 6.07. The highest BCUT2D eigenvalue weighted by molar-refractivity contribution is 5.86. The summed E-state index contributed by atoms with van der Waals surface area (Å²) < 4.78 is 11.9. The molecule has 0 unspecified atom stereocenters. The van der Waals surface area contributed by atoms with Gasteiger partial charge in [-0.3, -0.25) is 20.1 Å². The maximum Gasteiger partial charge on any atom is 0.413 e. The molecule has 22 heavy (non-hydrogen) atoms. The van der Waals surface area contributed by atoms with Crippen LogP contribution in [-0.2, 0) is 9.47 Å². The third-order valence-corrected chi connectivity index (χ3v) is 3.09. The molecule has 0 saturated carbocycles. The van der Waals surface area contributed by atoms with Gasteiger partial charge >= 0.3 is 11.8 Å². The summed E-state index contributed by atoms with van der Waals surface area (Å²) in [5.41, 5.74) is -0.945. The van der Waals surface area contributed by atoms with Crippen molar-refractivity contribution in [1.82, 2.24) is 9.78 Å². The largest absolute Gasteiger partial charge is 0.444 e. The maximum absolute atomic E-state index is 11.8. The zero-order chi connectivity index (χ0) is 16.3. The summed E-state index contributed by atoms with van der Waals surface area (Å²) in [4.78, 5) is 22.3. The quantitative estimate of drug-likeness (QED) is 0.678. The fraction of sp³-hybridized carbons (Fsp3) is 0.692. The second kappa shape index (κ2) is 6.30. The lowest BCUT2D eigenvalue weighted by Gasteiger charge is -2.22. The SMILES string of the molecule is CC(C)(C)OC(=O)Nc1nn(C2CCOCC2)cc1[N+](=O)[O-]. The Labute approximate surface area is 127 Å². The number of carbonyl (C=O) groups is 1. The Morgan fingerprint density at radius 1 is 1.50 bits per heavy atom. The molecule has 2 rings (SSSR count). The Morgan fingerprint density at radius 3 is 2.68 bits per heavy atom. The van der Waals surface area contributed by atoms with E-state index >= 15 is 0 Å².